The molecular formula is C22H28N2O3. The molecule has 1 aliphatic heterocycles. The number of hydrogen-bond donors (Lipinski definition) is 1. The molecule has 27 heavy (non-hydrogen) atoms. The Morgan fingerprint density at radius 2 is 2.11 bits per heavy atom. The Balaban J connectivity index is 1.47. The first-order chi connectivity index (χ1) is 13.1. The van der Waals surface area contributed by atoms with Crippen LogP contribution in [0.2, 0.25) is 0 Å². The number of piperidine rings is 1. The fraction of sp³-hybridized carbons (Fsp3) is 0.545. The zero-order valence-electron chi connectivity index (χ0n) is 16.0. The first kappa shape index (κ1) is 18.2. The Labute approximate surface area is 159 Å². The van der Waals surface area contributed by atoms with Gasteiger partial charge in [-0.05, 0) is 61.8 Å². The summed E-state index contributed by atoms with van der Waals surface area (Å²) in [7, 11) is 0. The second-order valence-corrected chi connectivity index (χ2v) is 8.04. The van der Waals surface area contributed by atoms with E-state index < -0.39 is 0 Å². The fourth-order valence-electron chi connectivity index (χ4n) is 3.99. The molecule has 2 aliphatic rings. The molecule has 1 unspecified atom stereocenters. The van der Waals surface area contributed by atoms with Crippen molar-refractivity contribution < 1.29 is 9.21 Å². The lowest BCUT2D eigenvalue weighted by atomic mass is 9.96. The average Bonchev–Trinajstić information content (AvgIpc) is 3.50. The lowest BCUT2D eigenvalue weighted by Gasteiger charge is -2.32. The van der Waals surface area contributed by atoms with Gasteiger partial charge in [0, 0.05) is 31.1 Å². The molecule has 2 aromatic rings. The van der Waals surface area contributed by atoms with Crippen LogP contribution in [0.25, 0.3) is 11.0 Å². The molecule has 2 heterocycles. The third-order valence-corrected chi connectivity index (χ3v) is 5.84. The number of hydrogen-bond acceptors (Lipinski definition) is 4. The van der Waals surface area contributed by atoms with Gasteiger partial charge in [-0.3, -0.25) is 9.69 Å². The molecule has 0 spiro atoms. The van der Waals surface area contributed by atoms with E-state index in [0.29, 0.717) is 18.0 Å². The van der Waals surface area contributed by atoms with Crippen LogP contribution < -0.4 is 10.9 Å². The van der Waals surface area contributed by atoms with E-state index in [2.05, 4.69) is 29.3 Å². The van der Waals surface area contributed by atoms with Gasteiger partial charge in [-0.15, -0.1) is 0 Å². The number of nitrogens with one attached hydrogen (secondary N) is 1. The van der Waals surface area contributed by atoms with Crippen LogP contribution in [0.15, 0.2) is 33.5 Å². The van der Waals surface area contributed by atoms with Crippen molar-refractivity contribution in [1.82, 2.24) is 10.2 Å². The van der Waals surface area contributed by atoms with Crippen molar-refractivity contribution in [2.24, 2.45) is 11.8 Å². The number of carbonyl (C=O) groups is 1. The van der Waals surface area contributed by atoms with Gasteiger partial charge in [-0.2, -0.15) is 0 Å². The molecule has 1 amide bonds. The van der Waals surface area contributed by atoms with Gasteiger partial charge in [0.1, 0.15) is 5.58 Å². The number of fused-ring (bicyclic) bond motifs is 1. The Morgan fingerprint density at radius 3 is 2.89 bits per heavy atom. The van der Waals surface area contributed by atoms with E-state index in [0.717, 1.165) is 55.4 Å². The fourth-order valence-corrected chi connectivity index (χ4v) is 3.99. The van der Waals surface area contributed by atoms with E-state index in [1.165, 1.54) is 12.8 Å². The van der Waals surface area contributed by atoms with Gasteiger partial charge in [-0.1, -0.05) is 19.1 Å². The van der Waals surface area contributed by atoms with Crippen molar-refractivity contribution in [2.75, 3.05) is 19.6 Å². The van der Waals surface area contributed by atoms with Gasteiger partial charge >= 0.3 is 5.63 Å². The number of carbonyl (C=O) groups excluding carboxylic acids is 1. The Kier molecular flexibility index (Phi) is 5.30. The molecule has 1 aromatic heterocycles. The molecule has 1 aliphatic carbocycles. The molecule has 144 valence electrons. The molecule has 4 rings (SSSR count). The zero-order valence-corrected chi connectivity index (χ0v) is 16.0. The van der Waals surface area contributed by atoms with Crippen LogP contribution in [-0.2, 0) is 17.8 Å². The molecule has 2 fully saturated rings. The summed E-state index contributed by atoms with van der Waals surface area (Å²) in [6.45, 7) is 5.32. The topological polar surface area (TPSA) is 62.6 Å². The van der Waals surface area contributed by atoms with Crippen molar-refractivity contribution in [1.29, 1.82) is 0 Å². The van der Waals surface area contributed by atoms with E-state index in [4.69, 9.17) is 4.42 Å². The molecule has 1 saturated carbocycles. The second-order valence-electron chi connectivity index (χ2n) is 8.04. The molecular weight excluding hydrogens is 340 g/mol. The summed E-state index contributed by atoms with van der Waals surface area (Å²) < 4.78 is 5.42. The molecule has 1 atom stereocenters. The molecule has 1 N–H and O–H groups in total. The highest BCUT2D eigenvalue weighted by Gasteiger charge is 2.28. The Hall–Kier alpha value is -2.14. The number of amides is 1. The maximum Gasteiger partial charge on any atom is 0.336 e. The van der Waals surface area contributed by atoms with Gasteiger partial charge in [0.05, 0.1) is 5.92 Å². The number of rotatable bonds is 6. The van der Waals surface area contributed by atoms with Crippen molar-refractivity contribution in [3.05, 3.63) is 45.8 Å². The van der Waals surface area contributed by atoms with Crippen molar-refractivity contribution in [3.63, 3.8) is 0 Å². The first-order valence-corrected chi connectivity index (χ1v) is 10.2. The highest BCUT2D eigenvalue weighted by atomic mass is 16.4. The molecule has 5 heteroatoms. The van der Waals surface area contributed by atoms with Crippen molar-refractivity contribution >= 4 is 16.9 Å². The standard InChI is InChI=1S/C22H28N2O3/c1-2-15-7-8-19-18(11-21(25)27-20(19)10-15)14-24-9-3-4-17(13-24)22(26)23-12-16-5-6-16/h7-8,10-11,16-17H,2-6,9,12-14H2,1H3,(H,23,26). The summed E-state index contributed by atoms with van der Waals surface area (Å²) in [5.74, 6) is 0.948. The van der Waals surface area contributed by atoms with Gasteiger partial charge in [0.15, 0.2) is 0 Å². The molecule has 5 nitrogen and oxygen atoms in total. The van der Waals surface area contributed by atoms with Crippen molar-refractivity contribution in [2.45, 2.75) is 45.6 Å². The average molecular weight is 368 g/mol. The summed E-state index contributed by atoms with van der Waals surface area (Å²) in [4.78, 5) is 26.8. The highest BCUT2D eigenvalue weighted by Crippen LogP contribution is 2.28. The van der Waals surface area contributed by atoms with Gasteiger partial charge in [0.2, 0.25) is 5.91 Å². The SMILES string of the molecule is CCc1ccc2c(CN3CCCC(C(=O)NCC4CC4)C3)cc(=O)oc2c1. The maximum atomic E-state index is 12.5. The minimum atomic E-state index is -0.304. The highest BCUT2D eigenvalue weighted by molar-refractivity contribution is 5.81. The summed E-state index contributed by atoms with van der Waals surface area (Å²) in [5.41, 5.74) is 2.50. The smallest absolute Gasteiger partial charge is 0.336 e. The monoisotopic (exact) mass is 368 g/mol. The van der Waals surface area contributed by atoms with Crippen LogP contribution in [0, 0.1) is 11.8 Å². The third-order valence-electron chi connectivity index (χ3n) is 5.84. The largest absolute Gasteiger partial charge is 0.423 e. The lowest BCUT2D eigenvalue weighted by molar-refractivity contribution is -0.126. The van der Waals surface area contributed by atoms with Crippen LogP contribution in [0.4, 0.5) is 0 Å². The molecule has 0 bridgehead atoms. The first-order valence-electron chi connectivity index (χ1n) is 10.2. The summed E-state index contributed by atoms with van der Waals surface area (Å²) in [5, 5.41) is 4.11. The summed E-state index contributed by atoms with van der Waals surface area (Å²) >= 11 is 0. The van der Waals surface area contributed by atoms with E-state index >= 15 is 0 Å². The molecule has 1 aromatic carbocycles. The quantitative estimate of drug-likeness (QED) is 0.796. The Morgan fingerprint density at radius 1 is 1.26 bits per heavy atom. The summed E-state index contributed by atoms with van der Waals surface area (Å²) in [6.07, 6.45) is 5.38. The van der Waals surface area contributed by atoms with Gasteiger partial charge < -0.3 is 9.73 Å². The van der Waals surface area contributed by atoms with Gasteiger partial charge in [0.25, 0.3) is 0 Å². The van der Waals surface area contributed by atoms with E-state index in [1.807, 2.05) is 6.07 Å². The van der Waals surface area contributed by atoms with Crippen molar-refractivity contribution in [3.8, 4) is 0 Å². The minimum Gasteiger partial charge on any atom is -0.423 e. The van der Waals surface area contributed by atoms with E-state index in [9.17, 15) is 9.59 Å². The predicted octanol–water partition coefficient (Wildman–Crippen LogP) is 3.09. The summed E-state index contributed by atoms with van der Waals surface area (Å²) in [6, 6.07) is 7.71. The van der Waals surface area contributed by atoms with Crippen LogP contribution >= 0.6 is 0 Å². The van der Waals surface area contributed by atoms with E-state index in [1.54, 1.807) is 6.07 Å². The maximum absolute atomic E-state index is 12.5. The lowest BCUT2D eigenvalue weighted by Crippen LogP contribution is -2.43. The van der Waals surface area contributed by atoms with Gasteiger partial charge in [-0.25, -0.2) is 4.79 Å². The third kappa shape index (κ3) is 4.41. The molecule has 0 radical (unpaired) electrons. The number of benzene rings is 1. The number of aryl methyl sites for hydroxylation is 1. The predicted molar refractivity (Wildman–Crippen MR) is 106 cm³/mol. The van der Waals surface area contributed by atoms with E-state index in [-0.39, 0.29) is 17.5 Å². The second kappa shape index (κ2) is 7.85. The minimum absolute atomic E-state index is 0.0515. The van der Waals surface area contributed by atoms with Crippen LogP contribution in [-0.4, -0.2) is 30.4 Å². The van der Waals surface area contributed by atoms with Crippen LogP contribution in [0.5, 0.6) is 0 Å². The molecule has 1 saturated heterocycles. The Bertz CT molecular complexity index is 885. The normalized spacial score (nSPS) is 20.7. The zero-order chi connectivity index (χ0) is 18.8. The number of nitrogens with zero attached hydrogens (tertiary/aromatic N) is 1. The van der Waals surface area contributed by atoms with Crippen LogP contribution in [0.1, 0.15) is 43.7 Å². The van der Waals surface area contributed by atoms with Crippen LogP contribution in [0.3, 0.4) is 0 Å². The number of likely N-dealkylation sites (tertiary alicyclic amines) is 1.